The number of aryl methyl sites for hydroxylation is 4. The van der Waals surface area contributed by atoms with Gasteiger partial charge in [-0.05, 0) is 125 Å². The van der Waals surface area contributed by atoms with Crippen LogP contribution in [0, 0.1) is 61.5 Å². The molecule has 5 heterocycles. The summed E-state index contributed by atoms with van der Waals surface area (Å²) in [6.45, 7) is 37.9. The Bertz CT molecular complexity index is 2460. The second-order valence-electron chi connectivity index (χ2n) is 23.8. The largest absolute Gasteiger partial charge is 0.380 e. The second-order valence-corrected chi connectivity index (χ2v) is 23.8. The number of imidazole rings is 1. The van der Waals surface area contributed by atoms with Crippen LogP contribution < -0.4 is 10.6 Å². The predicted octanol–water partition coefficient (Wildman–Crippen LogP) is 19.1. The molecule has 1 aliphatic carbocycles. The minimum atomic E-state index is -0.521. The maximum Gasteiger partial charge on any atom is 0.258 e. The van der Waals surface area contributed by atoms with E-state index in [0.29, 0.717) is 41.8 Å². The van der Waals surface area contributed by atoms with E-state index in [9.17, 15) is 23.2 Å². The van der Waals surface area contributed by atoms with Gasteiger partial charge in [0.15, 0.2) is 6.21 Å². The Labute approximate surface area is 504 Å². The van der Waals surface area contributed by atoms with Crippen molar-refractivity contribution >= 4 is 46.5 Å². The molecule has 2 aromatic carbocycles. The first-order valence-electron chi connectivity index (χ1n) is 32.4. The summed E-state index contributed by atoms with van der Waals surface area (Å²) in [6, 6.07) is 13.2. The van der Waals surface area contributed by atoms with Crippen LogP contribution in [0.2, 0.25) is 0 Å². The van der Waals surface area contributed by atoms with Crippen molar-refractivity contribution in [2.75, 3.05) is 32.1 Å². The zero-order valence-electron chi connectivity index (χ0n) is 55.7. The van der Waals surface area contributed by atoms with Gasteiger partial charge in [0, 0.05) is 49.0 Å². The van der Waals surface area contributed by atoms with Crippen molar-refractivity contribution in [1.29, 1.82) is 0 Å². The van der Waals surface area contributed by atoms with E-state index in [4.69, 9.17) is 4.74 Å². The lowest BCUT2D eigenvalue weighted by Gasteiger charge is -2.45. The quantitative estimate of drug-likeness (QED) is 0.0803. The summed E-state index contributed by atoms with van der Waals surface area (Å²) >= 11 is 0. The first-order chi connectivity index (χ1) is 39.6. The lowest BCUT2D eigenvalue weighted by Crippen LogP contribution is -2.44. The smallest absolute Gasteiger partial charge is 0.258 e. The van der Waals surface area contributed by atoms with Crippen LogP contribution in [0.4, 0.5) is 14.7 Å². The molecule has 2 saturated heterocycles. The number of unbranched alkanes of at least 4 members (excludes halogenated alkanes) is 2. The Hall–Kier alpha value is -5.10. The minimum absolute atomic E-state index is 0.138. The van der Waals surface area contributed by atoms with E-state index in [1.54, 1.807) is 6.92 Å². The molecule has 10 nitrogen and oxygen atoms in total. The van der Waals surface area contributed by atoms with Crippen LogP contribution in [0.3, 0.4) is 0 Å². The van der Waals surface area contributed by atoms with Crippen LogP contribution in [0.5, 0.6) is 0 Å². The summed E-state index contributed by atoms with van der Waals surface area (Å²) in [5.41, 5.74) is 8.75. The van der Waals surface area contributed by atoms with E-state index < -0.39 is 11.6 Å². The molecular formula is C71H117F2N6O4+. The van der Waals surface area contributed by atoms with Gasteiger partial charge in [0.2, 0.25) is 17.8 Å². The summed E-state index contributed by atoms with van der Waals surface area (Å²) < 4.78 is 34.0. The highest BCUT2D eigenvalue weighted by Gasteiger charge is 2.40. The van der Waals surface area contributed by atoms with Crippen LogP contribution in [0.25, 0.3) is 16.6 Å². The Morgan fingerprint density at radius 3 is 1.77 bits per heavy atom. The van der Waals surface area contributed by atoms with Crippen molar-refractivity contribution < 1.29 is 32.5 Å². The van der Waals surface area contributed by atoms with Crippen molar-refractivity contribution in [3.8, 4) is 0 Å². The van der Waals surface area contributed by atoms with Gasteiger partial charge < -0.3 is 9.30 Å². The SMILES string of the molecule is C1CCCC1.CC.CC1=C(c2cc(C(=O)Nc3nc4ccc(C)cc4n3C)cc(C)n2)C=[N+](C)CC1.CCCC.CCCC.CCCC(CCC(C)CC)C(C)C(C)CC1(CCC)COC1.Cc1cc(F)cc(F)c1.O=C1CCCC(=O)N1. The lowest BCUT2D eigenvalue weighted by atomic mass is 9.68. The Morgan fingerprint density at radius 2 is 1.30 bits per heavy atom. The number of hydrogen-bond acceptors (Lipinski definition) is 6. The van der Waals surface area contributed by atoms with E-state index in [0.717, 1.165) is 89.5 Å². The highest BCUT2D eigenvalue weighted by molar-refractivity contribution is 6.10. The molecule has 3 aliphatic heterocycles. The molecule has 0 spiro atoms. The third kappa shape index (κ3) is 29.5. The van der Waals surface area contributed by atoms with Gasteiger partial charge in [-0.25, -0.2) is 18.3 Å². The normalized spacial score (nSPS) is 16.3. The number of benzene rings is 2. The summed E-state index contributed by atoms with van der Waals surface area (Å²) in [5.74, 6) is 2.55. The number of ether oxygens (including phenoxy) is 1. The fourth-order valence-electron chi connectivity index (χ4n) is 10.3. The topological polar surface area (TPSA) is 118 Å². The summed E-state index contributed by atoms with van der Waals surface area (Å²) in [7, 11) is 3.97. The highest BCUT2D eigenvalue weighted by Crippen LogP contribution is 2.43. The lowest BCUT2D eigenvalue weighted by molar-refractivity contribution is -0.491. The number of fused-ring (bicyclic) bond motifs is 1. The third-order valence-electron chi connectivity index (χ3n) is 16.1. The molecule has 2 aromatic heterocycles. The fourth-order valence-corrected chi connectivity index (χ4v) is 10.3. The van der Waals surface area contributed by atoms with Crippen LogP contribution in [0.1, 0.15) is 258 Å². The second kappa shape index (κ2) is 42.7. The minimum Gasteiger partial charge on any atom is -0.380 e. The first-order valence-corrected chi connectivity index (χ1v) is 32.4. The molecule has 4 aliphatic rings. The molecule has 4 atom stereocenters. The standard InChI is InChI=1S/C23H25N5O.C21H42O.C7H6F2.C5H7NO2.C5H10.2C4H10.C2H6/c1-14-6-7-19-21(10-14)28(5)23(25-19)26-22(29)17-11-16(3)24-20(12-17)18-13-27(4)9-8-15(18)2;1-7-10-20(12-11-17(4)9-3)19(6)18(5)14-21(13-8-2)15-22-16-21;1-5-2-6(8)4-7(9)3-5;7-4-2-1-3-5(8)6-4;1-2-4-5-3-1;2*1-3-4-2;1-2/h6-7,10-13H,8-9H2,1-5H3;17-20H,7-16H2,1-6H3;2-4H,1H3;1-3H2,(H,6,7,8);1-5H2;2*3-4H2,1-2H3;1-2H3/p+1. The number of halogens is 2. The number of piperidine rings is 1. The number of hydrogen-bond donors (Lipinski definition) is 2. The number of aromatic nitrogens is 3. The number of nitrogens with zero attached hydrogens (tertiary/aromatic N) is 4. The van der Waals surface area contributed by atoms with Crippen LogP contribution in [-0.2, 0) is 21.4 Å². The average molecular weight is 1160 g/mol. The van der Waals surface area contributed by atoms with Gasteiger partial charge in [-0.2, -0.15) is 0 Å². The number of allylic oxidation sites excluding steroid dienone is 1. The molecule has 2 N–H and O–H groups in total. The maximum absolute atomic E-state index is 13.0. The van der Waals surface area contributed by atoms with E-state index in [1.807, 2.05) is 63.6 Å². The van der Waals surface area contributed by atoms with E-state index >= 15 is 0 Å². The molecular weight excluding hydrogens is 1040 g/mol. The van der Waals surface area contributed by atoms with E-state index in [2.05, 4.69) is 121 Å². The van der Waals surface area contributed by atoms with Gasteiger partial charge in [0.05, 0.1) is 35.5 Å². The third-order valence-corrected chi connectivity index (χ3v) is 16.1. The fraction of sp³-hybridized carbons (Fsp3) is 0.662. The average Bonchev–Trinajstić information content (AvgIpc) is 4.25. The summed E-state index contributed by atoms with van der Waals surface area (Å²) in [5, 5.41) is 5.16. The van der Waals surface area contributed by atoms with Crippen LogP contribution in [0.15, 0.2) is 54.1 Å². The zero-order valence-corrected chi connectivity index (χ0v) is 55.7. The van der Waals surface area contributed by atoms with Crippen LogP contribution >= 0.6 is 0 Å². The molecule has 4 unspecified atom stereocenters. The molecule has 12 heteroatoms. The molecule has 3 fully saturated rings. The summed E-state index contributed by atoms with van der Waals surface area (Å²) in [6.07, 6.45) is 28.6. The molecule has 0 bridgehead atoms. The van der Waals surface area contributed by atoms with Crippen molar-refractivity contribution in [2.24, 2.45) is 36.1 Å². The van der Waals surface area contributed by atoms with Crippen LogP contribution in [-0.4, -0.2) is 69.9 Å². The van der Waals surface area contributed by atoms with Crippen molar-refractivity contribution in [3.05, 3.63) is 93.8 Å². The van der Waals surface area contributed by atoms with E-state index in [1.165, 1.54) is 127 Å². The Balaban J connectivity index is 0.000000554. The Morgan fingerprint density at radius 1 is 0.723 bits per heavy atom. The number of nitrogens with one attached hydrogen (secondary N) is 2. The van der Waals surface area contributed by atoms with Crippen molar-refractivity contribution in [1.82, 2.24) is 19.9 Å². The summed E-state index contributed by atoms with van der Waals surface area (Å²) in [4.78, 5) is 42.9. The monoisotopic (exact) mass is 1160 g/mol. The molecule has 0 radical (unpaired) electrons. The number of carbonyl (C=O) groups is 3. The predicted molar refractivity (Wildman–Crippen MR) is 349 cm³/mol. The Kier molecular flexibility index (Phi) is 39.0. The van der Waals surface area contributed by atoms with Gasteiger partial charge >= 0.3 is 0 Å². The number of anilines is 1. The molecule has 4 aromatic rings. The number of pyridine rings is 1. The van der Waals surface area contributed by atoms with E-state index in [-0.39, 0.29) is 17.7 Å². The molecule has 8 rings (SSSR count). The number of carbonyl (C=O) groups excluding carboxylic acids is 3. The van der Waals surface area contributed by atoms with Crippen molar-refractivity contribution in [3.63, 3.8) is 0 Å². The number of rotatable bonds is 17. The van der Waals surface area contributed by atoms with Crippen molar-refractivity contribution in [2.45, 2.75) is 246 Å². The van der Waals surface area contributed by atoms with Gasteiger partial charge in [-0.1, -0.05) is 185 Å². The van der Waals surface area contributed by atoms with Gasteiger partial charge in [0.1, 0.15) is 25.2 Å². The first kappa shape index (κ1) is 75.9. The maximum atomic E-state index is 13.0. The molecule has 83 heavy (non-hydrogen) atoms. The number of amides is 3. The van der Waals surface area contributed by atoms with Gasteiger partial charge in [0.25, 0.3) is 5.91 Å². The molecule has 468 valence electrons. The van der Waals surface area contributed by atoms with Gasteiger partial charge in [-0.3, -0.25) is 30.0 Å². The molecule has 1 saturated carbocycles. The van der Waals surface area contributed by atoms with Gasteiger partial charge in [-0.15, -0.1) is 0 Å². The number of imide groups is 1. The zero-order chi connectivity index (χ0) is 62.5. The highest BCUT2D eigenvalue weighted by atomic mass is 19.1. The molecule has 3 amide bonds.